The molecule has 0 fully saturated rings. The maximum Gasteiger partial charge on any atom is 0.418 e. The maximum atomic E-state index is 14.1. The molecule has 266 valence electrons. The number of benzene rings is 3. The second kappa shape index (κ2) is 14.5. The Balaban J connectivity index is 0.00000121. The molecule has 0 N–H and O–H groups in total. The molecule has 0 radical (unpaired) electrons. The highest BCUT2D eigenvalue weighted by Crippen LogP contribution is 2.44. The predicted octanol–water partition coefficient (Wildman–Crippen LogP) is 9.05. The van der Waals surface area contributed by atoms with Crippen molar-refractivity contribution in [2.24, 2.45) is 0 Å². The van der Waals surface area contributed by atoms with Gasteiger partial charge in [0.2, 0.25) is 9.05 Å². The van der Waals surface area contributed by atoms with Gasteiger partial charge in [0.25, 0.3) is 5.91 Å². The summed E-state index contributed by atoms with van der Waals surface area (Å²) in [7, 11) is 1.31. The molecule has 0 spiro atoms. The lowest BCUT2D eigenvalue weighted by atomic mass is 9.89. The fourth-order valence-electron chi connectivity index (χ4n) is 4.98. The molecule has 0 saturated heterocycles. The van der Waals surface area contributed by atoms with Crippen molar-refractivity contribution in [1.82, 2.24) is 4.90 Å². The Morgan fingerprint density at radius 3 is 1.86 bits per heavy atom. The minimum absolute atomic E-state index is 0.0404. The van der Waals surface area contributed by atoms with Crippen molar-refractivity contribution in [1.29, 1.82) is 0 Å². The van der Waals surface area contributed by atoms with Crippen LogP contribution >= 0.6 is 10.7 Å². The zero-order valence-corrected chi connectivity index (χ0v) is 28.8. The van der Waals surface area contributed by atoms with Crippen molar-refractivity contribution in [2.75, 3.05) is 12.9 Å². The summed E-state index contributed by atoms with van der Waals surface area (Å²) in [6.45, 7) is 7.45. The van der Waals surface area contributed by atoms with Crippen molar-refractivity contribution in [3.63, 3.8) is 0 Å². The first-order chi connectivity index (χ1) is 22.3. The van der Waals surface area contributed by atoms with Crippen LogP contribution < -0.4 is 0 Å². The van der Waals surface area contributed by atoms with Gasteiger partial charge in [0.1, 0.15) is 11.1 Å². The topological polar surface area (TPSA) is 90.0 Å². The fourth-order valence-corrected chi connectivity index (χ4v) is 4.98. The second-order valence-electron chi connectivity index (χ2n) is 12.3. The van der Waals surface area contributed by atoms with Crippen molar-refractivity contribution in [2.45, 2.75) is 64.2 Å². The number of carbonyl (C=O) groups is 2. The number of amides is 2. The highest BCUT2D eigenvalue weighted by molar-refractivity contribution is 8.13. The highest BCUT2D eigenvalue weighted by Gasteiger charge is 2.52. The molecule has 7 nitrogen and oxygen atoms in total. The molecule has 1 aliphatic heterocycles. The van der Waals surface area contributed by atoms with E-state index in [0.29, 0.717) is 23.3 Å². The Morgan fingerprint density at radius 1 is 0.898 bits per heavy atom. The lowest BCUT2D eigenvalue weighted by molar-refractivity contribution is -0.143. The van der Waals surface area contributed by atoms with Crippen LogP contribution in [0.2, 0.25) is 0 Å². The Hall–Kier alpha value is -3.88. The first-order valence-electron chi connectivity index (χ1n) is 14.6. The third-order valence-electron chi connectivity index (χ3n) is 7.13. The van der Waals surface area contributed by atoms with Gasteiger partial charge in [0.05, 0.1) is 30.1 Å². The molecule has 0 bridgehead atoms. The number of hydrogen-bond donors (Lipinski definition) is 0. The lowest BCUT2D eigenvalue weighted by Gasteiger charge is -2.38. The number of halogens is 7. The highest BCUT2D eigenvalue weighted by atomic mass is 35.7. The fraction of sp³-hybridized carbons (Fsp3) is 0.353. The van der Waals surface area contributed by atoms with Crippen LogP contribution in [-0.4, -0.2) is 43.8 Å². The Labute approximate surface area is 284 Å². The van der Waals surface area contributed by atoms with Crippen LogP contribution in [0, 0.1) is 6.92 Å². The van der Waals surface area contributed by atoms with Gasteiger partial charge in [0, 0.05) is 16.3 Å². The van der Waals surface area contributed by atoms with Crippen molar-refractivity contribution in [3.05, 3.63) is 112 Å². The Kier molecular flexibility index (Phi) is 11.7. The minimum atomic E-state index is -5.04. The maximum absolute atomic E-state index is 14.1. The van der Waals surface area contributed by atoms with E-state index in [0.717, 1.165) is 16.7 Å². The van der Waals surface area contributed by atoms with Crippen molar-refractivity contribution in [3.8, 4) is 0 Å². The molecule has 0 saturated carbocycles. The summed E-state index contributed by atoms with van der Waals surface area (Å²) in [5.74, 6) is -0.702. The third kappa shape index (κ3) is 10.3. The first kappa shape index (κ1) is 39.6. The molecule has 2 atom stereocenters. The van der Waals surface area contributed by atoms with Gasteiger partial charge in [-0.25, -0.2) is 18.1 Å². The average Bonchev–Trinajstić information content (AvgIpc) is 3.26. The largest absolute Gasteiger partial charge is 0.443 e. The molecule has 15 heteroatoms. The van der Waals surface area contributed by atoms with Crippen LogP contribution in [0.25, 0.3) is 5.57 Å². The summed E-state index contributed by atoms with van der Waals surface area (Å²) >= 11 is 0. The summed E-state index contributed by atoms with van der Waals surface area (Å²) in [5, 5.41) is 0. The van der Waals surface area contributed by atoms with E-state index in [-0.39, 0.29) is 17.2 Å². The summed E-state index contributed by atoms with van der Waals surface area (Å²) in [6, 6.07) is 16.5. The monoisotopic (exact) mass is 733 g/mol. The van der Waals surface area contributed by atoms with Gasteiger partial charge in [-0.2, -0.15) is 26.3 Å². The number of rotatable bonds is 6. The quantitative estimate of drug-likeness (QED) is 0.186. The molecule has 4 rings (SSSR count). The smallest absolute Gasteiger partial charge is 0.418 e. The van der Waals surface area contributed by atoms with Crippen molar-refractivity contribution < 1.29 is 53.8 Å². The molecule has 1 aliphatic rings. The molecule has 3 aromatic rings. The number of ether oxygens (including phenoxy) is 2. The number of aryl methyl sites for hydroxylation is 1. The molecule has 1 heterocycles. The predicted molar refractivity (Wildman–Crippen MR) is 172 cm³/mol. The zero-order chi connectivity index (χ0) is 37.2. The molecular formula is C34H34ClF6NO6S. The van der Waals surface area contributed by atoms with E-state index in [1.54, 1.807) is 82.3 Å². The van der Waals surface area contributed by atoms with Gasteiger partial charge in [-0.3, -0.25) is 4.79 Å². The van der Waals surface area contributed by atoms with E-state index < -0.39 is 68.4 Å². The minimum Gasteiger partial charge on any atom is -0.443 e. The number of nitrogens with zero attached hydrogens (tertiary/aromatic N) is 1. The molecule has 0 unspecified atom stereocenters. The van der Waals surface area contributed by atoms with Gasteiger partial charge in [-0.15, -0.1) is 0 Å². The van der Waals surface area contributed by atoms with Gasteiger partial charge in [-0.1, -0.05) is 54.6 Å². The van der Waals surface area contributed by atoms with Crippen LogP contribution in [0.15, 0.2) is 78.9 Å². The number of imide groups is 1. The third-order valence-corrected chi connectivity index (χ3v) is 7.13. The van der Waals surface area contributed by atoms with Crippen LogP contribution in [0.1, 0.15) is 67.2 Å². The molecule has 3 aromatic carbocycles. The molecule has 0 aliphatic carbocycles. The van der Waals surface area contributed by atoms with Gasteiger partial charge in [-0.05, 0) is 81.1 Å². The van der Waals surface area contributed by atoms with Gasteiger partial charge < -0.3 is 9.47 Å². The summed E-state index contributed by atoms with van der Waals surface area (Å²) in [5.41, 5.74) is -4.18. The molecule has 49 heavy (non-hydrogen) atoms. The standard InChI is InChI=1S/C33H31F6NO4.CH3ClO2S/c1-20-11-9-10-14-26(20)27-18-31(23-12-7-6-8-13-23,40(28(27)41)29(42)44-30(3,4)5)19-43-21(2)22-15-24(32(34,35)36)17-25(16-22)33(37,38)39;1-5(2,3)4/h6-18,21H,19H2,1-5H3;1H3/t21-,31-;/m1./s1. The normalized spacial score (nSPS) is 17.6. The van der Waals surface area contributed by atoms with E-state index in [1.165, 1.54) is 13.0 Å². The number of hydrogen-bond acceptors (Lipinski definition) is 6. The van der Waals surface area contributed by atoms with Crippen LogP contribution in [0.3, 0.4) is 0 Å². The second-order valence-corrected chi connectivity index (χ2v) is 15.3. The van der Waals surface area contributed by atoms with E-state index in [4.69, 9.17) is 9.47 Å². The Morgan fingerprint density at radius 2 is 1.39 bits per heavy atom. The van der Waals surface area contributed by atoms with E-state index in [1.807, 2.05) is 0 Å². The summed E-state index contributed by atoms with van der Waals surface area (Å²) in [4.78, 5) is 28.6. The van der Waals surface area contributed by atoms with Gasteiger partial charge in [0.15, 0.2) is 0 Å². The zero-order valence-electron chi connectivity index (χ0n) is 27.2. The molecular weight excluding hydrogens is 700 g/mol. The average molecular weight is 734 g/mol. The SMILES string of the molecule is CS(=O)(=O)Cl.Cc1ccccc1C1=C[C@@](CO[C@H](C)c2cc(C(F)(F)F)cc(C(F)(F)F)c2)(c2ccccc2)N(C(=O)OC(C)(C)C)C1=O. The van der Waals surface area contributed by atoms with Crippen LogP contribution in [0.4, 0.5) is 31.1 Å². The number of alkyl halides is 6. The summed E-state index contributed by atoms with van der Waals surface area (Å²) in [6.07, 6.45) is -9.94. The van der Waals surface area contributed by atoms with E-state index in [9.17, 15) is 44.3 Å². The Bertz CT molecular complexity index is 1780. The first-order valence-corrected chi connectivity index (χ1v) is 17.3. The van der Waals surface area contributed by atoms with Crippen LogP contribution in [-0.2, 0) is 41.2 Å². The van der Waals surface area contributed by atoms with E-state index >= 15 is 0 Å². The molecule has 0 aromatic heterocycles. The summed E-state index contributed by atoms with van der Waals surface area (Å²) < 4.78 is 112. The van der Waals surface area contributed by atoms with E-state index in [2.05, 4.69) is 10.7 Å². The number of carbonyl (C=O) groups excluding carboxylic acids is 2. The van der Waals surface area contributed by atoms with Gasteiger partial charge >= 0.3 is 18.4 Å². The van der Waals surface area contributed by atoms with Crippen LogP contribution in [0.5, 0.6) is 0 Å². The lowest BCUT2D eigenvalue weighted by Crippen LogP contribution is -2.52. The van der Waals surface area contributed by atoms with Crippen molar-refractivity contribution >= 4 is 37.3 Å². The molecule has 2 amide bonds.